The number of halogens is 1. The first-order valence-corrected chi connectivity index (χ1v) is 6.45. The van der Waals surface area contributed by atoms with Crippen LogP contribution in [0.4, 0.5) is 5.69 Å². The Morgan fingerprint density at radius 2 is 2.00 bits per heavy atom. The van der Waals surface area contributed by atoms with Crippen LogP contribution in [0.5, 0.6) is 0 Å². The van der Waals surface area contributed by atoms with Gasteiger partial charge in [0.25, 0.3) is 5.69 Å². The van der Waals surface area contributed by atoms with Gasteiger partial charge < -0.3 is 0 Å². The Bertz CT molecular complexity index is 741. The number of carbonyl (C=O) groups excluding carboxylic acids is 1. The van der Waals surface area contributed by atoms with Gasteiger partial charge >= 0.3 is 0 Å². The van der Waals surface area contributed by atoms with E-state index in [9.17, 15) is 14.9 Å². The third-order valence-electron chi connectivity index (χ3n) is 2.76. The number of ketones is 1. The molecule has 0 atom stereocenters. The minimum Gasteiger partial charge on any atom is -0.294 e. The van der Waals surface area contributed by atoms with Gasteiger partial charge in [-0.3, -0.25) is 14.9 Å². The van der Waals surface area contributed by atoms with Crippen molar-refractivity contribution in [2.75, 3.05) is 0 Å². The van der Waals surface area contributed by atoms with Crippen molar-refractivity contribution in [2.45, 2.75) is 6.92 Å². The highest BCUT2D eigenvalue weighted by molar-refractivity contribution is 6.30. The number of hydrogen-bond donors (Lipinski definition) is 0. The molecule has 0 aliphatic carbocycles. The molecular weight excluding hydrogens is 292 g/mol. The highest BCUT2D eigenvalue weighted by Gasteiger charge is 2.11. The Kier molecular flexibility index (Phi) is 4.45. The molecular formula is C15H11ClN2O3. The lowest BCUT2D eigenvalue weighted by atomic mass is 10.0. The highest BCUT2D eigenvalue weighted by Crippen LogP contribution is 2.21. The number of carbonyl (C=O) groups is 1. The standard InChI is InChI=1S/C15H11ClN2O3/c1-10(19)13(14-6-3-7-15(16)17-14)9-11-4-2-5-12(8-11)18(20)21/h2-9H,1H3/b13-9+. The number of non-ortho nitro benzene ring substituents is 1. The third-order valence-corrected chi connectivity index (χ3v) is 2.97. The zero-order valence-electron chi connectivity index (χ0n) is 11.1. The molecule has 0 spiro atoms. The molecule has 0 aliphatic heterocycles. The molecule has 106 valence electrons. The number of nitro groups is 1. The SMILES string of the molecule is CC(=O)/C(=C\c1cccc([N+](=O)[O-])c1)c1cccc(Cl)n1. The van der Waals surface area contributed by atoms with Gasteiger partial charge in [0.1, 0.15) is 5.15 Å². The van der Waals surface area contributed by atoms with Gasteiger partial charge in [-0.2, -0.15) is 0 Å². The molecule has 0 saturated carbocycles. The van der Waals surface area contributed by atoms with E-state index >= 15 is 0 Å². The van der Waals surface area contributed by atoms with Gasteiger partial charge in [0.2, 0.25) is 0 Å². The largest absolute Gasteiger partial charge is 0.294 e. The van der Waals surface area contributed by atoms with E-state index in [4.69, 9.17) is 11.6 Å². The lowest BCUT2D eigenvalue weighted by Crippen LogP contribution is -1.99. The number of hydrogen-bond acceptors (Lipinski definition) is 4. The molecule has 0 N–H and O–H groups in total. The van der Waals surface area contributed by atoms with Crippen LogP contribution in [0.25, 0.3) is 11.6 Å². The van der Waals surface area contributed by atoms with Crippen LogP contribution in [0, 0.1) is 10.1 Å². The second-order valence-electron chi connectivity index (χ2n) is 4.31. The summed E-state index contributed by atoms with van der Waals surface area (Å²) in [5, 5.41) is 11.1. The van der Waals surface area contributed by atoms with Crippen LogP contribution in [0.3, 0.4) is 0 Å². The quantitative estimate of drug-likeness (QED) is 0.373. The number of Topliss-reactive ketones (excluding diaryl/α,β-unsaturated/α-hetero) is 1. The zero-order valence-corrected chi connectivity index (χ0v) is 11.9. The Balaban J connectivity index is 2.50. The molecule has 0 bridgehead atoms. The number of rotatable bonds is 4. The number of allylic oxidation sites excluding steroid dienone is 1. The summed E-state index contributed by atoms with van der Waals surface area (Å²) in [6.45, 7) is 1.41. The summed E-state index contributed by atoms with van der Waals surface area (Å²) < 4.78 is 0. The first-order chi connectivity index (χ1) is 9.97. The number of nitro benzene ring substituents is 1. The van der Waals surface area contributed by atoms with E-state index < -0.39 is 4.92 Å². The third kappa shape index (κ3) is 3.73. The molecule has 0 radical (unpaired) electrons. The van der Waals surface area contributed by atoms with Gasteiger partial charge in [-0.1, -0.05) is 29.8 Å². The molecule has 0 unspecified atom stereocenters. The van der Waals surface area contributed by atoms with Gasteiger partial charge in [-0.25, -0.2) is 4.98 Å². The fourth-order valence-electron chi connectivity index (χ4n) is 1.81. The molecule has 1 aromatic heterocycles. The van der Waals surface area contributed by atoms with Crippen molar-refractivity contribution >= 4 is 34.7 Å². The summed E-state index contributed by atoms with van der Waals surface area (Å²) in [7, 11) is 0. The fraction of sp³-hybridized carbons (Fsp3) is 0.0667. The van der Waals surface area contributed by atoms with E-state index in [0.29, 0.717) is 16.8 Å². The first kappa shape index (κ1) is 14.9. The lowest BCUT2D eigenvalue weighted by Gasteiger charge is -2.04. The summed E-state index contributed by atoms with van der Waals surface area (Å²) in [4.78, 5) is 26.2. The van der Waals surface area contributed by atoms with E-state index in [1.54, 1.807) is 36.4 Å². The molecule has 2 rings (SSSR count). The second-order valence-corrected chi connectivity index (χ2v) is 4.70. The Hall–Kier alpha value is -2.53. The van der Waals surface area contributed by atoms with Crippen molar-refractivity contribution in [1.29, 1.82) is 0 Å². The monoisotopic (exact) mass is 302 g/mol. The van der Waals surface area contributed by atoms with Crippen LogP contribution in [-0.4, -0.2) is 15.7 Å². The van der Waals surface area contributed by atoms with Gasteiger partial charge in [-0.05, 0) is 30.7 Å². The fourth-order valence-corrected chi connectivity index (χ4v) is 1.97. The molecule has 0 aliphatic rings. The highest BCUT2D eigenvalue weighted by atomic mass is 35.5. The van der Waals surface area contributed by atoms with Gasteiger partial charge in [0.15, 0.2) is 5.78 Å². The van der Waals surface area contributed by atoms with Crippen molar-refractivity contribution in [3.8, 4) is 0 Å². The Morgan fingerprint density at radius 3 is 2.62 bits per heavy atom. The van der Waals surface area contributed by atoms with Crippen molar-refractivity contribution in [2.24, 2.45) is 0 Å². The summed E-state index contributed by atoms with van der Waals surface area (Å²) in [5.41, 5.74) is 1.29. The summed E-state index contributed by atoms with van der Waals surface area (Å²) in [6, 6.07) is 11.0. The first-order valence-electron chi connectivity index (χ1n) is 6.07. The van der Waals surface area contributed by atoms with Crippen LogP contribution in [0.1, 0.15) is 18.2 Å². The summed E-state index contributed by atoms with van der Waals surface area (Å²) in [6.07, 6.45) is 1.56. The molecule has 6 heteroatoms. The molecule has 0 fully saturated rings. The van der Waals surface area contributed by atoms with E-state index in [1.807, 2.05) is 0 Å². The van der Waals surface area contributed by atoms with Crippen molar-refractivity contribution in [3.05, 3.63) is 69.0 Å². The van der Waals surface area contributed by atoms with Gasteiger partial charge in [0.05, 0.1) is 10.6 Å². The second kappa shape index (κ2) is 6.28. The average molecular weight is 303 g/mol. The maximum atomic E-state index is 11.8. The molecule has 5 nitrogen and oxygen atoms in total. The Morgan fingerprint density at radius 1 is 1.29 bits per heavy atom. The van der Waals surface area contributed by atoms with Crippen molar-refractivity contribution < 1.29 is 9.72 Å². The van der Waals surface area contributed by atoms with Crippen LogP contribution in [0.15, 0.2) is 42.5 Å². The maximum absolute atomic E-state index is 11.8. The molecule has 2 aromatic rings. The van der Waals surface area contributed by atoms with Crippen LogP contribution >= 0.6 is 11.6 Å². The number of nitrogens with zero attached hydrogens (tertiary/aromatic N) is 2. The average Bonchev–Trinajstić information content (AvgIpc) is 2.44. The predicted octanol–water partition coefficient (Wildman–Crippen LogP) is 3.77. The van der Waals surface area contributed by atoms with E-state index in [0.717, 1.165) is 0 Å². The molecule has 1 aromatic carbocycles. The van der Waals surface area contributed by atoms with Crippen molar-refractivity contribution in [1.82, 2.24) is 4.98 Å². The molecule has 0 amide bonds. The summed E-state index contributed by atoms with van der Waals surface area (Å²) >= 11 is 5.82. The minimum absolute atomic E-state index is 0.0364. The molecule has 1 heterocycles. The number of aromatic nitrogens is 1. The molecule has 21 heavy (non-hydrogen) atoms. The zero-order chi connectivity index (χ0) is 15.4. The smallest absolute Gasteiger partial charge is 0.270 e. The normalized spacial score (nSPS) is 11.2. The van der Waals surface area contributed by atoms with Gasteiger partial charge in [0, 0.05) is 17.7 Å². The minimum atomic E-state index is -0.484. The number of benzene rings is 1. The van der Waals surface area contributed by atoms with E-state index in [1.165, 1.54) is 19.1 Å². The number of pyridine rings is 1. The van der Waals surface area contributed by atoms with Gasteiger partial charge in [-0.15, -0.1) is 0 Å². The van der Waals surface area contributed by atoms with Crippen molar-refractivity contribution in [3.63, 3.8) is 0 Å². The molecule has 0 saturated heterocycles. The topological polar surface area (TPSA) is 73.1 Å². The van der Waals surface area contributed by atoms with Crippen LogP contribution < -0.4 is 0 Å². The van der Waals surface area contributed by atoms with E-state index in [-0.39, 0.29) is 16.6 Å². The van der Waals surface area contributed by atoms with E-state index in [2.05, 4.69) is 4.98 Å². The van der Waals surface area contributed by atoms with Crippen LogP contribution in [-0.2, 0) is 4.79 Å². The maximum Gasteiger partial charge on any atom is 0.270 e. The lowest BCUT2D eigenvalue weighted by molar-refractivity contribution is -0.384. The predicted molar refractivity (Wildman–Crippen MR) is 80.9 cm³/mol. The Labute approximate surface area is 126 Å². The van der Waals surface area contributed by atoms with Crippen LogP contribution in [0.2, 0.25) is 5.15 Å². The summed E-state index contributed by atoms with van der Waals surface area (Å²) in [5.74, 6) is -0.198.